The lowest BCUT2D eigenvalue weighted by Gasteiger charge is -1.86. The molecule has 0 unspecified atom stereocenters. The Hall–Kier alpha value is -1.52. The maximum Gasteiger partial charge on any atom is 0.244 e. The molecule has 0 saturated heterocycles. The van der Waals surface area contributed by atoms with Gasteiger partial charge in [-0.25, -0.2) is 0 Å². The van der Waals surface area contributed by atoms with Crippen LogP contribution in [0.4, 0.5) is 0 Å². The Balaban J connectivity index is 2.32. The summed E-state index contributed by atoms with van der Waals surface area (Å²) in [5.41, 5.74) is 1.01. The van der Waals surface area contributed by atoms with Crippen LogP contribution >= 0.6 is 11.6 Å². The summed E-state index contributed by atoms with van der Waals surface area (Å²) in [5.74, 6) is 6.05. The first-order valence-corrected chi connectivity index (χ1v) is 5.07. The molecule has 0 aliphatic heterocycles. The molecule has 0 saturated carbocycles. The third-order valence-corrected chi connectivity index (χ3v) is 1.82. The second kappa shape index (κ2) is 6.86. The van der Waals surface area contributed by atoms with Crippen molar-refractivity contribution in [2.75, 3.05) is 0 Å². The van der Waals surface area contributed by atoms with Gasteiger partial charge >= 0.3 is 0 Å². The lowest BCUT2D eigenvalue weighted by molar-refractivity contribution is -0.107. The quantitative estimate of drug-likeness (QED) is 0.330. The lowest BCUT2D eigenvalue weighted by atomic mass is 10.2. The second-order valence-electron chi connectivity index (χ2n) is 2.91. The molecule has 0 amide bonds. The van der Waals surface area contributed by atoms with Crippen LogP contribution in [-0.2, 0) is 4.79 Å². The molecule has 0 aromatic heterocycles. The van der Waals surface area contributed by atoms with Crippen LogP contribution in [0.3, 0.4) is 0 Å². The molecule has 0 spiro atoms. The summed E-state index contributed by atoms with van der Waals surface area (Å²) in [4.78, 5) is 10.3. The number of carbonyl (C=O) groups excluding carboxylic acids is 1. The van der Waals surface area contributed by atoms with E-state index in [0.717, 1.165) is 18.4 Å². The molecule has 0 heterocycles. The van der Waals surface area contributed by atoms with Gasteiger partial charge in [0.1, 0.15) is 0 Å². The van der Waals surface area contributed by atoms with Crippen LogP contribution in [-0.4, -0.2) is 5.24 Å². The first-order chi connectivity index (χ1) is 7.29. The highest BCUT2D eigenvalue weighted by Crippen LogP contribution is 1.96. The molecule has 0 atom stereocenters. The average Bonchev–Trinajstić information content (AvgIpc) is 2.24. The van der Waals surface area contributed by atoms with Crippen molar-refractivity contribution < 1.29 is 4.79 Å². The van der Waals surface area contributed by atoms with Crippen molar-refractivity contribution in [3.8, 4) is 11.8 Å². The van der Waals surface area contributed by atoms with Gasteiger partial charge in [-0.05, 0) is 36.2 Å². The molecule has 0 aliphatic carbocycles. The minimum atomic E-state index is -0.439. The molecule has 1 rings (SSSR count). The van der Waals surface area contributed by atoms with Crippen LogP contribution in [0.1, 0.15) is 18.4 Å². The van der Waals surface area contributed by atoms with Gasteiger partial charge in [-0.3, -0.25) is 4.79 Å². The molecule has 1 aromatic carbocycles. The van der Waals surface area contributed by atoms with Crippen molar-refractivity contribution in [1.82, 2.24) is 0 Å². The lowest BCUT2D eigenvalue weighted by Crippen LogP contribution is -1.75. The first kappa shape index (κ1) is 11.6. The van der Waals surface area contributed by atoms with Crippen molar-refractivity contribution in [2.45, 2.75) is 12.8 Å². The van der Waals surface area contributed by atoms with Gasteiger partial charge in [0.2, 0.25) is 5.24 Å². The molecule has 1 aromatic rings. The first-order valence-electron chi connectivity index (χ1n) is 4.69. The number of hydrogen-bond acceptors (Lipinski definition) is 1. The minimum absolute atomic E-state index is 0.439. The molecular formula is C13H11ClO. The van der Waals surface area contributed by atoms with E-state index in [-0.39, 0.29) is 0 Å². The molecule has 0 bridgehead atoms. The number of halogens is 1. The predicted octanol–water partition coefficient (Wildman–Crippen LogP) is 3.14. The van der Waals surface area contributed by atoms with Crippen LogP contribution in [0.2, 0.25) is 0 Å². The van der Waals surface area contributed by atoms with E-state index in [1.165, 1.54) is 6.08 Å². The zero-order chi connectivity index (χ0) is 10.9. The summed E-state index contributed by atoms with van der Waals surface area (Å²) in [5, 5.41) is -0.439. The molecule has 0 radical (unpaired) electrons. The molecule has 2 heteroatoms. The number of rotatable bonds is 3. The largest absolute Gasteiger partial charge is 0.276 e. The second-order valence-corrected chi connectivity index (χ2v) is 3.29. The van der Waals surface area contributed by atoms with E-state index >= 15 is 0 Å². The highest BCUT2D eigenvalue weighted by molar-refractivity contribution is 6.66. The van der Waals surface area contributed by atoms with Crippen LogP contribution < -0.4 is 0 Å². The van der Waals surface area contributed by atoms with Crippen molar-refractivity contribution >= 4 is 16.8 Å². The molecular weight excluding hydrogens is 208 g/mol. The Morgan fingerprint density at radius 2 is 2.07 bits per heavy atom. The zero-order valence-electron chi connectivity index (χ0n) is 8.24. The monoisotopic (exact) mass is 218 g/mol. The standard InChI is InChI=1S/C13H11ClO/c14-13(15)11-7-2-1-4-8-12-9-5-3-6-10-12/h3,5-7,9-11H,1-2H2. The third kappa shape index (κ3) is 5.72. The van der Waals surface area contributed by atoms with Crippen LogP contribution in [0.25, 0.3) is 0 Å². The highest BCUT2D eigenvalue weighted by Gasteiger charge is 1.84. The summed E-state index contributed by atoms with van der Waals surface area (Å²) in [6.45, 7) is 0. The topological polar surface area (TPSA) is 17.1 Å². The fraction of sp³-hybridized carbons (Fsp3) is 0.154. The van der Waals surface area contributed by atoms with Gasteiger partial charge in [-0.1, -0.05) is 36.1 Å². The van der Waals surface area contributed by atoms with Crippen molar-refractivity contribution in [3.63, 3.8) is 0 Å². The van der Waals surface area contributed by atoms with Crippen molar-refractivity contribution in [1.29, 1.82) is 0 Å². The average molecular weight is 219 g/mol. The van der Waals surface area contributed by atoms with Gasteiger partial charge in [-0.15, -0.1) is 0 Å². The normalized spacial score (nSPS) is 9.67. The van der Waals surface area contributed by atoms with Gasteiger partial charge in [-0.2, -0.15) is 0 Å². The number of hydrogen-bond donors (Lipinski definition) is 0. The maximum absolute atomic E-state index is 10.3. The van der Waals surface area contributed by atoms with E-state index in [4.69, 9.17) is 11.6 Å². The van der Waals surface area contributed by atoms with Gasteiger partial charge < -0.3 is 0 Å². The molecule has 0 N–H and O–H groups in total. The van der Waals surface area contributed by atoms with E-state index in [1.54, 1.807) is 6.08 Å². The van der Waals surface area contributed by atoms with Gasteiger partial charge in [0.15, 0.2) is 0 Å². The Morgan fingerprint density at radius 3 is 2.73 bits per heavy atom. The SMILES string of the molecule is O=C(Cl)C=CCCC#Cc1ccccc1. The van der Waals surface area contributed by atoms with E-state index in [9.17, 15) is 4.79 Å². The molecule has 1 nitrogen and oxygen atoms in total. The van der Waals surface area contributed by atoms with Crippen LogP contribution in [0.15, 0.2) is 42.5 Å². The Labute approximate surface area is 94.8 Å². The number of carbonyl (C=O) groups is 1. The summed E-state index contributed by atoms with van der Waals surface area (Å²) < 4.78 is 0. The Kier molecular flexibility index (Phi) is 5.29. The highest BCUT2D eigenvalue weighted by atomic mass is 35.5. The summed E-state index contributed by atoms with van der Waals surface area (Å²) in [6.07, 6.45) is 4.56. The fourth-order valence-electron chi connectivity index (χ4n) is 1.02. The van der Waals surface area contributed by atoms with E-state index in [2.05, 4.69) is 11.8 Å². The number of benzene rings is 1. The van der Waals surface area contributed by atoms with Gasteiger partial charge in [0, 0.05) is 12.0 Å². The zero-order valence-corrected chi connectivity index (χ0v) is 9.00. The van der Waals surface area contributed by atoms with Crippen LogP contribution in [0.5, 0.6) is 0 Å². The smallest absolute Gasteiger partial charge is 0.244 e. The van der Waals surface area contributed by atoms with E-state index in [1.807, 2.05) is 30.3 Å². The molecule has 76 valence electrons. The Bertz CT molecular complexity index is 396. The molecule has 0 fully saturated rings. The van der Waals surface area contributed by atoms with Gasteiger partial charge in [0.05, 0.1) is 0 Å². The molecule has 0 aliphatic rings. The van der Waals surface area contributed by atoms with Gasteiger partial charge in [0.25, 0.3) is 0 Å². The summed E-state index contributed by atoms with van der Waals surface area (Å²) in [6, 6.07) is 9.79. The summed E-state index contributed by atoms with van der Waals surface area (Å²) >= 11 is 5.12. The number of allylic oxidation sites excluding steroid dienone is 2. The minimum Gasteiger partial charge on any atom is -0.276 e. The van der Waals surface area contributed by atoms with E-state index < -0.39 is 5.24 Å². The Morgan fingerprint density at radius 1 is 1.33 bits per heavy atom. The van der Waals surface area contributed by atoms with Crippen molar-refractivity contribution in [2.24, 2.45) is 0 Å². The third-order valence-electron chi connectivity index (χ3n) is 1.69. The van der Waals surface area contributed by atoms with Crippen molar-refractivity contribution in [3.05, 3.63) is 48.0 Å². The fourth-order valence-corrected chi connectivity index (χ4v) is 1.11. The summed E-state index contributed by atoms with van der Waals surface area (Å²) in [7, 11) is 0. The van der Waals surface area contributed by atoms with Crippen LogP contribution in [0, 0.1) is 11.8 Å². The van der Waals surface area contributed by atoms with E-state index in [0.29, 0.717) is 0 Å². The predicted molar refractivity (Wildman–Crippen MR) is 62.6 cm³/mol. The maximum atomic E-state index is 10.3. The number of unbranched alkanes of at least 4 members (excludes halogenated alkanes) is 1. The molecule has 15 heavy (non-hydrogen) atoms.